The zero-order chi connectivity index (χ0) is 18.8. The summed E-state index contributed by atoms with van der Waals surface area (Å²) in [4.78, 5) is 12.3. The predicted molar refractivity (Wildman–Crippen MR) is 119 cm³/mol. The van der Waals surface area contributed by atoms with Gasteiger partial charge in [-0.1, -0.05) is 31.9 Å². The zero-order valence-electron chi connectivity index (χ0n) is 12.3. The van der Waals surface area contributed by atoms with Gasteiger partial charge in [0.25, 0.3) is 0 Å². The van der Waals surface area contributed by atoms with Gasteiger partial charge in [-0.05, 0) is 88.0 Å². The van der Waals surface area contributed by atoms with Gasteiger partial charge in [0.05, 0.1) is 17.9 Å². The molecule has 134 valence electrons. The lowest BCUT2D eigenvalue weighted by Gasteiger charge is -2.11. The van der Waals surface area contributed by atoms with Crippen molar-refractivity contribution in [3.8, 4) is 23.5 Å². The van der Waals surface area contributed by atoms with Crippen molar-refractivity contribution in [2.75, 3.05) is 0 Å². The Morgan fingerprint density at radius 3 is 1.27 bits per heavy atom. The molecule has 0 spiro atoms. The van der Waals surface area contributed by atoms with Crippen molar-refractivity contribution < 1.29 is 9.47 Å². The normalized spacial score (nSPS) is 10.7. The molecule has 0 radical (unpaired) electrons. The number of nitrogens with zero attached hydrogens (tertiary/aromatic N) is 3. The summed E-state index contributed by atoms with van der Waals surface area (Å²) in [5, 5.41) is 0. The summed E-state index contributed by atoms with van der Waals surface area (Å²) in [6.45, 7) is 0. The molecule has 0 saturated heterocycles. The van der Waals surface area contributed by atoms with Gasteiger partial charge in [-0.15, -0.1) is 4.98 Å². The van der Waals surface area contributed by atoms with Crippen LogP contribution in [-0.4, -0.2) is 15.0 Å². The average Bonchev–Trinajstić information content (AvgIpc) is 2.55. The van der Waals surface area contributed by atoms with Crippen LogP contribution in [0.3, 0.4) is 0 Å². The van der Waals surface area contributed by atoms with Crippen molar-refractivity contribution in [3.05, 3.63) is 57.4 Å². The summed E-state index contributed by atoms with van der Waals surface area (Å²) in [5.74, 6) is 1.08. The topological polar surface area (TPSA) is 57.1 Å². The lowest BCUT2D eigenvalue weighted by Crippen LogP contribution is -1.98. The van der Waals surface area contributed by atoms with Crippen LogP contribution in [0.2, 0.25) is 0 Å². The molecule has 0 aliphatic carbocycles. The van der Waals surface area contributed by atoms with Crippen LogP contribution in [0.1, 0.15) is 0 Å². The molecule has 5 nitrogen and oxygen atoms in total. The number of aromatic nitrogens is 3. The standard InChI is InChI=1S/C15H5Br6N3O2/c16-6-1-8(18)12(9(19)2-6)25-14-22-5-23-15(24-14)26-13-10(20)3-7(17)4-11(13)21/h1-5H. The maximum atomic E-state index is 5.77. The van der Waals surface area contributed by atoms with E-state index in [2.05, 4.69) is 111 Å². The molecule has 0 fully saturated rings. The summed E-state index contributed by atoms with van der Waals surface area (Å²) in [7, 11) is 0. The molecule has 0 aliphatic rings. The second kappa shape index (κ2) is 8.95. The van der Waals surface area contributed by atoms with Gasteiger partial charge in [-0.25, -0.2) is 0 Å². The second-order valence-corrected chi connectivity index (χ2v) is 9.90. The highest BCUT2D eigenvalue weighted by Gasteiger charge is 2.15. The van der Waals surface area contributed by atoms with E-state index in [9.17, 15) is 0 Å². The highest BCUT2D eigenvalue weighted by atomic mass is 79.9. The molecular formula is C15H5Br6N3O2. The van der Waals surface area contributed by atoms with Gasteiger partial charge in [0.1, 0.15) is 6.33 Å². The first-order valence-corrected chi connectivity index (χ1v) is 11.4. The first kappa shape index (κ1) is 20.7. The number of hydrogen-bond acceptors (Lipinski definition) is 5. The van der Waals surface area contributed by atoms with Crippen LogP contribution in [0.15, 0.2) is 57.4 Å². The van der Waals surface area contributed by atoms with E-state index in [0.717, 1.165) is 26.8 Å². The van der Waals surface area contributed by atoms with Crippen LogP contribution < -0.4 is 9.47 Å². The smallest absolute Gasteiger partial charge is 0.328 e. The average molecular weight is 739 g/mol. The van der Waals surface area contributed by atoms with Crippen molar-refractivity contribution in [2.24, 2.45) is 0 Å². The van der Waals surface area contributed by atoms with Crippen LogP contribution in [0.5, 0.6) is 23.5 Å². The first-order chi connectivity index (χ1) is 12.3. The molecule has 0 unspecified atom stereocenters. The molecule has 1 aromatic heterocycles. The molecule has 0 amide bonds. The molecule has 1 heterocycles. The minimum absolute atomic E-state index is 0.100. The fraction of sp³-hybridized carbons (Fsp3) is 0. The van der Waals surface area contributed by atoms with Crippen LogP contribution in [0.4, 0.5) is 0 Å². The largest absolute Gasteiger partial charge is 0.422 e. The first-order valence-electron chi connectivity index (χ1n) is 6.67. The van der Waals surface area contributed by atoms with Gasteiger partial charge < -0.3 is 9.47 Å². The fourth-order valence-corrected chi connectivity index (χ4v) is 6.64. The summed E-state index contributed by atoms with van der Waals surface area (Å²) < 4.78 is 16.3. The molecule has 26 heavy (non-hydrogen) atoms. The van der Waals surface area contributed by atoms with Gasteiger partial charge in [0.2, 0.25) is 0 Å². The molecule has 0 saturated carbocycles. The van der Waals surface area contributed by atoms with Crippen LogP contribution in [0, 0.1) is 0 Å². The third-order valence-electron chi connectivity index (χ3n) is 2.84. The van der Waals surface area contributed by atoms with E-state index in [1.165, 1.54) is 6.33 Å². The predicted octanol–water partition coefficient (Wildman–Crippen LogP) is 8.03. The SMILES string of the molecule is Brc1cc(Br)c(Oc2ncnc(Oc3c(Br)cc(Br)cc3Br)n2)c(Br)c1. The minimum Gasteiger partial charge on any atom is -0.422 e. The van der Waals surface area contributed by atoms with Gasteiger partial charge in [0, 0.05) is 8.95 Å². The Morgan fingerprint density at radius 1 is 0.577 bits per heavy atom. The van der Waals surface area contributed by atoms with Crippen molar-refractivity contribution in [3.63, 3.8) is 0 Å². The molecule has 3 rings (SSSR count). The van der Waals surface area contributed by atoms with Crippen LogP contribution in [0.25, 0.3) is 0 Å². The Morgan fingerprint density at radius 2 is 0.923 bits per heavy atom. The van der Waals surface area contributed by atoms with E-state index < -0.39 is 0 Å². The Kier molecular flexibility index (Phi) is 7.11. The molecule has 11 heteroatoms. The van der Waals surface area contributed by atoms with Crippen LogP contribution >= 0.6 is 95.6 Å². The Bertz CT molecular complexity index is 865. The monoisotopic (exact) mass is 733 g/mol. The summed E-state index contributed by atoms with van der Waals surface area (Å²) in [5.41, 5.74) is 0. The third-order valence-corrected chi connectivity index (χ3v) is 6.11. The van der Waals surface area contributed by atoms with Crippen molar-refractivity contribution in [2.45, 2.75) is 0 Å². The summed E-state index contributed by atoms with van der Waals surface area (Å²) in [6, 6.07) is 7.62. The third kappa shape index (κ3) is 5.05. The maximum Gasteiger partial charge on any atom is 0.328 e. The van der Waals surface area contributed by atoms with Crippen molar-refractivity contribution >= 4 is 95.6 Å². The van der Waals surface area contributed by atoms with Crippen LogP contribution in [-0.2, 0) is 0 Å². The lowest BCUT2D eigenvalue weighted by atomic mass is 10.3. The van der Waals surface area contributed by atoms with E-state index in [1.807, 2.05) is 24.3 Å². The molecule has 0 atom stereocenters. The number of benzene rings is 2. The quantitative estimate of drug-likeness (QED) is 0.272. The zero-order valence-corrected chi connectivity index (χ0v) is 21.8. The maximum absolute atomic E-state index is 5.77. The second-order valence-electron chi connectivity index (χ2n) is 4.65. The van der Waals surface area contributed by atoms with Crippen molar-refractivity contribution in [1.29, 1.82) is 0 Å². The van der Waals surface area contributed by atoms with Gasteiger partial charge in [-0.2, -0.15) is 9.97 Å². The molecular weight excluding hydrogens is 734 g/mol. The van der Waals surface area contributed by atoms with Gasteiger partial charge in [-0.3, -0.25) is 0 Å². The molecule has 2 aromatic carbocycles. The van der Waals surface area contributed by atoms with Crippen molar-refractivity contribution in [1.82, 2.24) is 15.0 Å². The molecule has 0 bridgehead atoms. The Hall–Kier alpha value is -0.0700. The number of ether oxygens (including phenoxy) is 2. The van der Waals surface area contributed by atoms with E-state index in [1.54, 1.807) is 0 Å². The number of halogens is 6. The summed E-state index contributed by atoms with van der Waals surface area (Å²) >= 11 is 20.6. The Labute approximate surface area is 199 Å². The van der Waals surface area contributed by atoms with E-state index in [-0.39, 0.29) is 12.0 Å². The minimum atomic E-state index is 0.100. The van der Waals surface area contributed by atoms with Gasteiger partial charge >= 0.3 is 12.0 Å². The molecule has 0 N–H and O–H groups in total. The Balaban J connectivity index is 1.88. The summed E-state index contributed by atoms with van der Waals surface area (Å²) in [6.07, 6.45) is 1.32. The highest BCUT2D eigenvalue weighted by molar-refractivity contribution is 9.12. The number of rotatable bonds is 4. The van der Waals surface area contributed by atoms with E-state index in [4.69, 9.17) is 9.47 Å². The van der Waals surface area contributed by atoms with E-state index >= 15 is 0 Å². The van der Waals surface area contributed by atoms with E-state index in [0.29, 0.717) is 11.5 Å². The lowest BCUT2D eigenvalue weighted by molar-refractivity contribution is 0.392. The van der Waals surface area contributed by atoms with Gasteiger partial charge in [0.15, 0.2) is 11.5 Å². The molecule has 3 aromatic rings. The fourth-order valence-electron chi connectivity index (χ4n) is 1.80. The number of hydrogen-bond donors (Lipinski definition) is 0. The highest BCUT2D eigenvalue weighted by Crippen LogP contribution is 2.40. The molecule has 0 aliphatic heterocycles.